The maximum absolute atomic E-state index is 13.3. The summed E-state index contributed by atoms with van der Waals surface area (Å²) in [6.45, 7) is 2.07. The SMILES string of the molecule is CCCCC(Nc1cc(F)cc(F)c1)c1ccc(F)cc1. The van der Waals surface area contributed by atoms with Crippen LogP contribution in [0.2, 0.25) is 0 Å². The van der Waals surface area contributed by atoms with E-state index in [1.54, 1.807) is 12.1 Å². The van der Waals surface area contributed by atoms with Gasteiger partial charge in [0.1, 0.15) is 17.5 Å². The fourth-order valence-corrected chi connectivity index (χ4v) is 2.26. The lowest BCUT2D eigenvalue weighted by Crippen LogP contribution is -2.11. The van der Waals surface area contributed by atoms with E-state index in [4.69, 9.17) is 0 Å². The van der Waals surface area contributed by atoms with E-state index in [1.165, 1.54) is 24.3 Å². The average molecular weight is 293 g/mol. The lowest BCUT2D eigenvalue weighted by molar-refractivity contribution is 0.581. The van der Waals surface area contributed by atoms with Crippen molar-refractivity contribution in [2.45, 2.75) is 32.2 Å². The first-order valence-corrected chi connectivity index (χ1v) is 7.06. The van der Waals surface area contributed by atoms with Crippen LogP contribution < -0.4 is 5.32 Å². The standard InChI is InChI=1S/C17H18F3N/c1-2-3-4-17(12-5-7-13(18)8-6-12)21-16-10-14(19)9-15(20)11-16/h5-11,17,21H,2-4H2,1H3. The van der Waals surface area contributed by atoms with Gasteiger partial charge in [-0.3, -0.25) is 0 Å². The summed E-state index contributed by atoms with van der Waals surface area (Å²) in [5.41, 5.74) is 1.28. The summed E-state index contributed by atoms with van der Waals surface area (Å²) < 4.78 is 39.5. The number of nitrogens with one attached hydrogen (secondary N) is 1. The molecule has 1 nitrogen and oxygen atoms in total. The number of unbranched alkanes of at least 4 members (excludes halogenated alkanes) is 1. The summed E-state index contributed by atoms with van der Waals surface area (Å²) in [5.74, 6) is -1.54. The predicted octanol–water partition coefficient (Wildman–Crippen LogP) is 5.45. The van der Waals surface area contributed by atoms with E-state index in [9.17, 15) is 13.2 Å². The Kier molecular flexibility index (Phi) is 5.26. The van der Waals surface area contributed by atoms with E-state index < -0.39 is 11.6 Å². The van der Waals surface area contributed by atoms with E-state index >= 15 is 0 Å². The Hall–Kier alpha value is -1.97. The van der Waals surface area contributed by atoms with Gasteiger partial charge >= 0.3 is 0 Å². The molecule has 0 radical (unpaired) electrons. The van der Waals surface area contributed by atoms with E-state index in [-0.39, 0.29) is 11.9 Å². The molecule has 2 aromatic carbocycles. The van der Waals surface area contributed by atoms with Crippen molar-refractivity contribution in [1.29, 1.82) is 0 Å². The summed E-state index contributed by atoms with van der Waals surface area (Å²) >= 11 is 0. The Morgan fingerprint density at radius 3 is 2.10 bits per heavy atom. The highest BCUT2D eigenvalue weighted by Crippen LogP contribution is 2.25. The molecule has 0 aliphatic rings. The van der Waals surface area contributed by atoms with Gasteiger partial charge in [0.2, 0.25) is 0 Å². The van der Waals surface area contributed by atoms with Gasteiger partial charge in [-0.25, -0.2) is 13.2 Å². The molecule has 0 fully saturated rings. The highest BCUT2D eigenvalue weighted by Gasteiger charge is 2.12. The number of rotatable bonds is 6. The highest BCUT2D eigenvalue weighted by molar-refractivity contribution is 5.46. The first-order chi connectivity index (χ1) is 10.1. The molecule has 0 bridgehead atoms. The van der Waals surface area contributed by atoms with Crippen LogP contribution in [-0.4, -0.2) is 0 Å². The summed E-state index contributed by atoms with van der Waals surface area (Å²) in [7, 11) is 0. The van der Waals surface area contributed by atoms with E-state index in [0.29, 0.717) is 5.69 Å². The zero-order chi connectivity index (χ0) is 15.2. The van der Waals surface area contributed by atoms with Gasteiger partial charge < -0.3 is 5.32 Å². The van der Waals surface area contributed by atoms with Crippen molar-refractivity contribution in [1.82, 2.24) is 0 Å². The molecular weight excluding hydrogens is 275 g/mol. The van der Waals surface area contributed by atoms with Crippen molar-refractivity contribution in [3.05, 3.63) is 65.5 Å². The van der Waals surface area contributed by atoms with Crippen LogP contribution in [0.4, 0.5) is 18.9 Å². The largest absolute Gasteiger partial charge is 0.378 e. The maximum atomic E-state index is 13.3. The van der Waals surface area contributed by atoms with Gasteiger partial charge in [-0.2, -0.15) is 0 Å². The molecule has 0 spiro atoms. The Morgan fingerprint density at radius 2 is 1.52 bits per heavy atom. The van der Waals surface area contributed by atoms with Crippen LogP contribution in [0.1, 0.15) is 37.8 Å². The van der Waals surface area contributed by atoms with Gasteiger partial charge in [-0.15, -0.1) is 0 Å². The van der Waals surface area contributed by atoms with Gasteiger partial charge in [0.15, 0.2) is 0 Å². The lowest BCUT2D eigenvalue weighted by Gasteiger charge is -2.20. The van der Waals surface area contributed by atoms with Gasteiger partial charge in [0.05, 0.1) is 6.04 Å². The van der Waals surface area contributed by atoms with Crippen LogP contribution in [0, 0.1) is 17.5 Å². The minimum absolute atomic E-state index is 0.105. The van der Waals surface area contributed by atoms with Gasteiger partial charge in [0.25, 0.3) is 0 Å². The van der Waals surface area contributed by atoms with Gasteiger partial charge in [-0.05, 0) is 36.2 Å². The molecule has 4 heteroatoms. The number of anilines is 1. The number of hydrogen-bond donors (Lipinski definition) is 1. The Morgan fingerprint density at radius 1 is 0.905 bits per heavy atom. The summed E-state index contributed by atoms with van der Waals surface area (Å²) in [5, 5.41) is 3.13. The van der Waals surface area contributed by atoms with Crippen molar-refractivity contribution >= 4 is 5.69 Å². The molecule has 1 N–H and O–H groups in total. The molecule has 0 aromatic heterocycles. The zero-order valence-electron chi connectivity index (χ0n) is 11.9. The normalized spacial score (nSPS) is 12.2. The van der Waals surface area contributed by atoms with Gasteiger partial charge in [-0.1, -0.05) is 31.9 Å². The third-order valence-corrected chi connectivity index (χ3v) is 3.32. The molecule has 1 atom stereocenters. The van der Waals surface area contributed by atoms with Crippen molar-refractivity contribution in [3.63, 3.8) is 0 Å². The van der Waals surface area contributed by atoms with Crippen LogP contribution in [0.5, 0.6) is 0 Å². The molecule has 2 rings (SSSR count). The fourth-order valence-electron chi connectivity index (χ4n) is 2.26. The number of hydrogen-bond acceptors (Lipinski definition) is 1. The maximum Gasteiger partial charge on any atom is 0.128 e. The van der Waals surface area contributed by atoms with E-state index in [1.807, 2.05) is 0 Å². The van der Waals surface area contributed by atoms with Crippen molar-refractivity contribution in [2.75, 3.05) is 5.32 Å². The number of benzene rings is 2. The summed E-state index contributed by atoms with van der Waals surface area (Å²) in [4.78, 5) is 0. The second-order valence-corrected chi connectivity index (χ2v) is 5.05. The quantitative estimate of drug-likeness (QED) is 0.747. The molecule has 0 aliphatic carbocycles. The fraction of sp³-hybridized carbons (Fsp3) is 0.294. The molecule has 0 heterocycles. The van der Waals surface area contributed by atoms with Crippen LogP contribution in [-0.2, 0) is 0 Å². The predicted molar refractivity (Wildman–Crippen MR) is 78.6 cm³/mol. The second kappa shape index (κ2) is 7.16. The van der Waals surface area contributed by atoms with Crippen molar-refractivity contribution in [3.8, 4) is 0 Å². The van der Waals surface area contributed by atoms with E-state index in [2.05, 4.69) is 12.2 Å². The second-order valence-electron chi connectivity index (χ2n) is 5.05. The van der Waals surface area contributed by atoms with Crippen LogP contribution in [0.3, 0.4) is 0 Å². The first kappa shape index (κ1) is 15.4. The molecule has 2 aromatic rings. The Labute approximate surface area is 122 Å². The molecule has 112 valence electrons. The van der Waals surface area contributed by atoms with Crippen LogP contribution in [0.15, 0.2) is 42.5 Å². The first-order valence-electron chi connectivity index (χ1n) is 7.06. The topological polar surface area (TPSA) is 12.0 Å². The molecule has 0 aliphatic heterocycles. The Balaban J connectivity index is 2.21. The monoisotopic (exact) mass is 293 g/mol. The average Bonchev–Trinajstić information content (AvgIpc) is 2.43. The molecule has 21 heavy (non-hydrogen) atoms. The third kappa shape index (κ3) is 4.52. The van der Waals surface area contributed by atoms with Crippen molar-refractivity contribution < 1.29 is 13.2 Å². The van der Waals surface area contributed by atoms with Crippen molar-refractivity contribution in [2.24, 2.45) is 0 Å². The smallest absolute Gasteiger partial charge is 0.128 e. The number of halogens is 3. The highest BCUT2D eigenvalue weighted by atomic mass is 19.1. The minimum Gasteiger partial charge on any atom is -0.378 e. The Bertz CT molecular complexity index is 561. The molecule has 0 saturated carbocycles. The van der Waals surface area contributed by atoms with Gasteiger partial charge in [0, 0.05) is 11.8 Å². The summed E-state index contributed by atoms with van der Waals surface area (Å²) in [6.07, 6.45) is 2.78. The molecule has 0 amide bonds. The zero-order valence-corrected chi connectivity index (χ0v) is 11.9. The third-order valence-electron chi connectivity index (χ3n) is 3.32. The van der Waals surface area contributed by atoms with E-state index in [0.717, 1.165) is 30.9 Å². The lowest BCUT2D eigenvalue weighted by atomic mass is 10.0. The molecule has 0 saturated heterocycles. The minimum atomic E-state index is -0.620. The summed E-state index contributed by atoms with van der Waals surface area (Å²) in [6, 6.07) is 9.41. The van der Waals surface area contributed by atoms with Crippen LogP contribution >= 0.6 is 0 Å². The van der Waals surface area contributed by atoms with Crippen LogP contribution in [0.25, 0.3) is 0 Å². The molecular formula is C17H18F3N. The molecule has 1 unspecified atom stereocenters.